The monoisotopic (exact) mass is 287 g/mol. The third-order valence-corrected chi connectivity index (χ3v) is 3.67. The highest BCUT2D eigenvalue weighted by atomic mass is 16.3. The van der Waals surface area contributed by atoms with Crippen LogP contribution in [0.5, 0.6) is 0 Å². The SMILES string of the molecule is Cc1ncn(-c2ccc(NC(=O)C(C)(C)CO)cc2)c1C. The number of nitrogens with zero attached hydrogens (tertiary/aromatic N) is 2. The molecule has 1 heterocycles. The van der Waals surface area contributed by atoms with Crippen molar-refractivity contribution in [2.75, 3.05) is 11.9 Å². The molecule has 0 aliphatic rings. The number of hydrogen-bond donors (Lipinski definition) is 2. The molecule has 0 bridgehead atoms. The van der Waals surface area contributed by atoms with E-state index in [1.165, 1.54) is 0 Å². The number of anilines is 1. The number of carbonyl (C=O) groups excluding carboxylic acids is 1. The second-order valence-corrected chi connectivity index (χ2v) is 5.83. The first-order valence-corrected chi connectivity index (χ1v) is 6.88. The third kappa shape index (κ3) is 3.13. The summed E-state index contributed by atoms with van der Waals surface area (Å²) in [6.07, 6.45) is 1.78. The molecule has 0 radical (unpaired) electrons. The number of benzene rings is 1. The number of carbonyl (C=O) groups is 1. The van der Waals surface area contributed by atoms with Crippen LogP contribution in [0, 0.1) is 19.3 Å². The van der Waals surface area contributed by atoms with E-state index in [9.17, 15) is 9.90 Å². The molecule has 0 fully saturated rings. The number of imidazole rings is 1. The predicted octanol–water partition coefficient (Wildman–Crippen LogP) is 2.45. The minimum atomic E-state index is -0.795. The number of amides is 1. The van der Waals surface area contributed by atoms with Crippen molar-refractivity contribution in [2.24, 2.45) is 5.41 Å². The number of aliphatic hydroxyl groups is 1. The summed E-state index contributed by atoms with van der Waals surface area (Å²) in [4.78, 5) is 16.3. The van der Waals surface area contributed by atoms with Crippen LogP contribution in [0.1, 0.15) is 25.2 Å². The summed E-state index contributed by atoms with van der Waals surface area (Å²) in [7, 11) is 0. The van der Waals surface area contributed by atoms with E-state index in [1.807, 2.05) is 42.7 Å². The molecular formula is C16H21N3O2. The summed E-state index contributed by atoms with van der Waals surface area (Å²) in [6, 6.07) is 7.54. The molecule has 0 saturated carbocycles. The van der Waals surface area contributed by atoms with Crippen LogP contribution in [-0.2, 0) is 4.79 Å². The Balaban J connectivity index is 2.17. The second-order valence-electron chi connectivity index (χ2n) is 5.83. The normalized spacial score (nSPS) is 11.5. The zero-order valence-corrected chi connectivity index (χ0v) is 12.8. The second kappa shape index (κ2) is 5.69. The van der Waals surface area contributed by atoms with Crippen molar-refractivity contribution in [2.45, 2.75) is 27.7 Å². The Morgan fingerprint density at radius 1 is 1.29 bits per heavy atom. The van der Waals surface area contributed by atoms with Crippen LogP contribution in [0.4, 0.5) is 5.69 Å². The van der Waals surface area contributed by atoms with Crippen molar-refractivity contribution in [3.05, 3.63) is 42.0 Å². The molecule has 1 amide bonds. The number of aryl methyl sites for hydroxylation is 1. The maximum atomic E-state index is 12.0. The fourth-order valence-electron chi connectivity index (χ4n) is 1.84. The van der Waals surface area contributed by atoms with Gasteiger partial charge in [-0.3, -0.25) is 4.79 Å². The van der Waals surface area contributed by atoms with Crippen LogP contribution >= 0.6 is 0 Å². The van der Waals surface area contributed by atoms with Crippen molar-refractivity contribution in [3.63, 3.8) is 0 Å². The lowest BCUT2D eigenvalue weighted by atomic mass is 9.93. The maximum absolute atomic E-state index is 12.0. The van der Waals surface area contributed by atoms with Crippen LogP contribution in [0.15, 0.2) is 30.6 Å². The average Bonchev–Trinajstić information content (AvgIpc) is 2.80. The maximum Gasteiger partial charge on any atom is 0.232 e. The smallest absolute Gasteiger partial charge is 0.232 e. The van der Waals surface area contributed by atoms with Crippen molar-refractivity contribution in [1.29, 1.82) is 0 Å². The fourth-order valence-corrected chi connectivity index (χ4v) is 1.84. The molecule has 1 aromatic carbocycles. The molecule has 112 valence electrons. The van der Waals surface area contributed by atoms with E-state index >= 15 is 0 Å². The van der Waals surface area contributed by atoms with Gasteiger partial charge in [-0.25, -0.2) is 4.98 Å². The van der Waals surface area contributed by atoms with E-state index in [1.54, 1.807) is 20.2 Å². The lowest BCUT2D eigenvalue weighted by Gasteiger charge is -2.20. The standard InChI is InChI=1S/C16H21N3O2/c1-11-12(2)19(10-17-11)14-7-5-13(6-8-14)18-15(21)16(3,4)9-20/h5-8,10,20H,9H2,1-4H3,(H,18,21). The number of aliphatic hydroxyl groups excluding tert-OH is 1. The summed E-state index contributed by atoms with van der Waals surface area (Å²) in [6.45, 7) is 7.20. The Hall–Kier alpha value is -2.14. The molecule has 2 N–H and O–H groups in total. The quantitative estimate of drug-likeness (QED) is 0.907. The molecule has 2 rings (SSSR count). The zero-order valence-electron chi connectivity index (χ0n) is 12.8. The first kappa shape index (κ1) is 15.3. The molecule has 0 aliphatic heterocycles. The van der Waals surface area contributed by atoms with Crippen molar-refractivity contribution in [1.82, 2.24) is 9.55 Å². The predicted molar refractivity (Wildman–Crippen MR) is 82.5 cm³/mol. The molecule has 1 aromatic heterocycles. The van der Waals surface area contributed by atoms with Gasteiger partial charge in [0.1, 0.15) is 0 Å². The number of nitrogens with one attached hydrogen (secondary N) is 1. The van der Waals surface area contributed by atoms with Gasteiger partial charge in [0.15, 0.2) is 0 Å². The molecule has 0 atom stereocenters. The Bertz CT molecular complexity index is 642. The Labute approximate surface area is 124 Å². The highest BCUT2D eigenvalue weighted by Crippen LogP contribution is 2.20. The van der Waals surface area contributed by atoms with Crippen LogP contribution in [0.3, 0.4) is 0 Å². The van der Waals surface area contributed by atoms with Gasteiger partial charge in [0.2, 0.25) is 5.91 Å². The topological polar surface area (TPSA) is 67.2 Å². The third-order valence-electron chi connectivity index (χ3n) is 3.67. The molecule has 0 unspecified atom stereocenters. The highest BCUT2D eigenvalue weighted by Gasteiger charge is 2.26. The van der Waals surface area contributed by atoms with E-state index in [0.717, 1.165) is 17.1 Å². The molecule has 0 spiro atoms. The van der Waals surface area contributed by atoms with Gasteiger partial charge in [0.05, 0.1) is 24.0 Å². The van der Waals surface area contributed by atoms with Gasteiger partial charge in [0.25, 0.3) is 0 Å². The summed E-state index contributed by atoms with van der Waals surface area (Å²) < 4.78 is 2.00. The van der Waals surface area contributed by atoms with Gasteiger partial charge in [-0.1, -0.05) is 0 Å². The van der Waals surface area contributed by atoms with E-state index in [-0.39, 0.29) is 12.5 Å². The molecule has 0 aliphatic carbocycles. The van der Waals surface area contributed by atoms with Gasteiger partial charge >= 0.3 is 0 Å². The lowest BCUT2D eigenvalue weighted by molar-refractivity contribution is -0.125. The summed E-state index contributed by atoms with van der Waals surface area (Å²) >= 11 is 0. The molecule has 21 heavy (non-hydrogen) atoms. The number of rotatable bonds is 4. The van der Waals surface area contributed by atoms with E-state index in [4.69, 9.17) is 0 Å². The summed E-state index contributed by atoms with van der Waals surface area (Å²) in [5.74, 6) is -0.201. The summed E-state index contributed by atoms with van der Waals surface area (Å²) in [5.41, 5.74) is 2.99. The van der Waals surface area contributed by atoms with Gasteiger partial charge in [0, 0.05) is 17.1 Å². The van der Waals surface area contributed by atoms with Crippen LogP contribution in [0.25, 0.3) is 5.69 Å². The molecule has 2 aromatic rings. The molecule has 0 saturated heterocycles. The minimum Gasteiger partial charge on any atom is -0.395 e. The van der Waals surface area contributed by atoms with E-state index in [0.29, 0.717) is 5.69 Å². The Morgan fingerprint density at radius 2 is 1.90 bits per heavy atom. The van der Waals surface area contributed by atoms with Crippen LogP contribution in [-0.4, -0.2) is 27.2 Å². The summed E-state index contributed by atoms with van der Waals surface area (Å²) in [5, 5.41) is 12.0. The van der Waals surface area contributed by atoms with Crippen molar-refractivity contribution in [3.8, 4) is 5.69 Å². The first-order chi connectivity index (χ1) is 9.85. The van der Waals surface area contributed by atoms with Crippen molar-refractivity contribution >= 4 is 11.6 Å². The van der Waals surface area contributed by atoms with Crippen molar-refractivity contribution < 1.29 is 9.90 Å². The number of hydrogen-bond acceptors (Lipinski definition) is 3. The van der Waals surface area contributed by atoms with Gasteiger partial charge in [-0.15, -0.1) is 0 Å². The molecule has 5 nitrogen and oxygen atoms in total. The first-order valence-electron chi connectivity index (χ1n) is 6.88. The van der Waals surface area contributed by atoms with Crippen LogP contribution < -0.4 is 5.32 Å². The van der Waals surface area contributed by atoms with Gasteiger partial charge < -0.3 is 15.0 Å². The van der Waals surface area contributed by atoms with E-state index in [2.05, 4.69) is 10.3 Å². The Morgan fingerprint density at radius 3 is 2.38 bits per heavy atom. The fraction of sp³-hybridized carbons (Fsp3) is 0.375. The zero-order chi connectivity index (χ0) is 15.6. The average molecular weight is 287 g/mol. The minimum absolute atomic E-state index is 0.190. The largest absolute Gasteiger partial charge is 0.395 e. The van der Waals surface area contributed by atoms with E-state index < -0.39 is 5.41 Å². The number of aromatic nitrogens is 2. The van der Waals surface area contributed by atoms with Crippen LogP contribution in [0.2, 0.25) is 0 Å². The molecular weight excluding hydrogens is 266 g/mol. The lowest BCUT2D eigenvalue weighted by Crippen LogP contribution is -2.33. The van der Waals surface area contributed by atoms with Gasteiger partial charge in [-0.05, 0) is 52.0 Å². The molecule has 5 heteroatoms. The van der Waals surface area contributed by atoms with Gasteiger partial charge in [-0.2, -0.15) is 0 Å². The highest BCUT2D eigenvalue weighted by molar-refractivity contribution is 5.94. The Kier molecular flexibility index (Phi) is 4.14.